The second kappa shape index (κ2) is 4.99. The van der Waals surface area contributed by atoms with E-state index in [0.29, 0.717) is 19.6 Å². The van der Waals surface area contributed by atoms with Crippen LogP contribution in [-0.4, -0.2) is 36.5 Å². The Labute approximate surface area is 100 Å². The fraction of sp³-hybridized carbons (Fsp3) is 0.385. The van der Waals surface area contributed by atoms with Crippen molar-refractivity contribution in [2.45, 2.75) is 13.3 Å². The molecule has 1 aromatic carbocycles. The maximum absolute atomic E-state index is 11.8. The van der Waals surface area contributed by atoms with Crippen molar-refractivity contribution in [2.75, 3.05) is 19.7 Å². The predicted octanol–water partition coefficient (Wildman–Crippen LogP) is 1.56. The average Bonchev–Trinajstić information content (AvgIpc) is 2.64. The molecule has 4 heteroatoms. The van der Waals surface area contributed by atoms with Crippen LogP contribution >= 0.6 is 0 Å². The first-order valence-corrected chi connectivity index (χ1v) is 5.64. The number of carbonyl (C=O) groups excluding carboxylic acids is 2. The number of carbonyl (C=O) groups is 2. The van der Waals surface area contributed by atoms with Crippen molar-refractivity contribution in [1.82, 2.24) is 4.90 Å². The van der Waals surface area contributed by atoms with E-state index in [4.69, 9.17) is 4.74 Å². The number of ketones is 1. The van der Waals surface area contributed by atoms with Gasteiger partial charge < -0.3 is 4.74 Å². The molecule has 1 saturated heterocycles. The molecule has 1 fully saturated rings. The highest BCUT2D eigenvalue weighted by Gasteiger charge is 2.23. The van der Waals surface area contributed by atoms with Crippen molar-refractivity contribution in [3.8, 4) is 0 Å². The molecule has 17 heavy (non-hydrogen) atoms. The van der Waals surface area contributed by atoms with Gasteiger partial charge in [-0.25, -0.2) is 4.79 Å². The van der Waals surface area contributed by atoms with E-state index >= 15 is 0 Å². The van der Waals surface area contributed by atoms with E-state index in [2.05, 4.69) is 0 Å². The number of benzene rings is 1. The van der Waals surface area contributed by atoms with Crippen LogP contribution in [0, 0.1) is 6.92 Å². The van der Waals surface area contributed by atoms with Crippen LogP contribution in [0.4, 0.5) is 4.79 Å². The molecule has 1 aliphatic rings. The van der Waals surface area contributed by atoms with Crippen LogP contribution in [-0.2, 0) is 16.0 Å². The van der Waals surface area contributed by atoms with Gasteiger partial charge in [0, 0.05) is 6.42 Å². The molecule has 0 spiro atoms. The third-order valence-electron chi connectivity index (χ3n) is 2.70. The number of cyclic esters (lactones) is 1. The minimum atomic E-state index is -0.386. The molecule has 0 bridgehead atoms. The standard InChI is InChI=1S/C13H15NO3/c1-10-3-2-4-11(7-10)8-12(15)9-14-5-6-17-13(14)16/h2-4,7H,5-6,8-9H2,1H3. The zero-order chi connectivity index (χ0) is 12.3. The van der Waals surface area contributed by atoms with Crippen LogP contribution in [0.1, 0.15) is 11.1 Å². The third kappa shape index (κ3) is 3.06. The summed E-state index contributed by atoms with van der Waals surface area (Å²) in [5.74, 6) is 0.0365. The molecule has 0 saturated carbocycles. The molecule has 0 aromatic heterocycles. The predicted molar refractivity (Wildman–Crippen MR) is 62.8 cm³/mol. The van der Waals surface area contributed by atoms with Crippen LogP contribution in [0.15, 0.2) is 24.3 Å². The first-order valence-electron chi connectivity index (χ1n) is 5.64. The van der Waals surface area contributed by atoms with Crippen molar-refractivity contribution in [3.63, 3.8) is 0 Å². The van der Waals surface area contributed by atoms with E-state index in [1.807, 2.05) is 31.2 Å². The van der Waals surface area contributed by atoms with Gasteiger partial charge >= 0.3 is 6.09 Å². The summed E-state index contributed by atoms with van der Waals surface area (Å²) in [6.07, 6.45) is -0.0200. The Morgan fingerprint density at radius 2 is 2.29 bits per heavy atom. The topological polar surface area (TPSA) is 46.6 Å². The van der Waals surface area contributed by atoms with Gasteiger partial charge in [0.1, 0.15) is 6.61 Å². The van der Waals surface area contributed by atoms with Crippen LogP contribution in [0.25, 0.3) is 0 Å². The molecule has 0 radical (unpaired) electrons. The summed E-state index contributed by atoms with van der Waals surface area (Å²) >= 11 is 0. The minimum Gasteiger partial charge on any atom is -0.448 e. The Morgan fingerprint density at radius 1 is 1.47 bits per heavy atom. The van der Waals surface area contributed by atoms with E-state index in [0.717, 1.165) is 11.1 Å². The summed E-state index contributed by atoms with van der Waals surface area (Å²) in [4.78, 5) is 24.4. The molecule has 1 aliphatic heterocycles. The van der Waals surface area contributed by atoms with E-state index in [1.165, 1.54) is 4.90 Å². The molecule has 0 unspecified atom stereocenters. The molecule has 2 rings (SSSR count). The van der Waals surface area contributed by atoms with Gasteiger partial charge in [-0.1, -0.05) is 29.8 Å². The average molecular weight is 233 g/mol. The number of aryl methyl sites for hydroxylation is 1. The highest BCUT2D eigenvalue weighted by Crippen LogP contribution is 2.07. The fourth-order valence-electron chi connectivity index (χ4n) is 1.89. The normalized spacial score (nSPS) is 14.9. The second-order valence-corrected chi connectivity index (χ2v) is 4.24. The lowest BCUT2D eigenvalue weighted by molar-refractivity contribution is -0.118. The summed E-state index contributed by atoms with van der Waals surface area (Å²) in [7, 11) is 0. The molecule has 1 aromatic rings. The molecule has 4 nitrogen and oxygen atoms in total. The van der Waals surface area contributed by atoms with Crippen LogP contribution in [0.3, 0.4) is 0 Å². The molecule has 0 atom stereocenters. The Bertz CT molecular complexity index is 442. The molecule has 90 valence electrons. The summed E-state index contributed by atoms with van der Waals surface area (Å²) in [6, 6.07) is 7.83. The summed E-state index contributed by atoms with van der Waals surface area (Å²) in [6.45, 7) is 3.04. The van der Waals surface area contributed by atoms with Gasteiger partial charge in [0.25, 0.3) is 0 Å². The number of amides is 1. The summed E-state index contributed by atoms with van der Waals surface area (Å²) in [5, 5.41) is 0. The SMILES string of the molecule is Cc1cccc(CC(=O)CN2CCOC2=O)c1. The molecule has 1 heterocycles. The largest absolute Gasteiger partial charge is 0.448 e. The molecule has 1 amide bonds. The molecular formula is C13H15NO3. The highest BCUT2D eigenvalue weighted by atomic mass is 16.6. The van der Waals surface area contributed by atoms with Gasteiger partial charge in [0.15, 0.2) is 5.78 Å². The number of hydrogen-bond acceptors (Lipinski definition) is 3. The van der Waals surface area contributed by atoms with Crippen molar-refractivity contribution >= 4 is 11.9 Å². The highest BCUT2D eigenvalue weighted by molar-refractivity contribution is 5.86. The number of nitrogens with zero attached hydrogens (tertiary/aromatic N) is 1. The van der Waals surface area contributed by atoms with E-state index in [1.54, 1.807) is 0 Å². The Hall–Kier alpha value is -1.84. The Morgan fingerprint density at radius 3 is 2.94 bits per heavy atom. The second-order valence-electron chi connectivity index (χ2n) is 4.24. The maximum atomic E-state index is 11.8. The lowest BCUT2D eigenvalue weighted by Gasteiger charge is -2.11. The smallest absolute Gasteiger partial charge is 0.410 e. The van der Waals surface area contributed by atoms with Gasteiger partial charge in [0.05, 0.1) is 13.1 Å². The van der Waals surface area contributed by atoms with Crippen LogP contribution in [0.2, 0.25) is 0 Å². The first kappa shape index (κ1) is 11.6. The summed E-state index contributed by atoms with van der Waals surface area (Å²) < 4.78 is 4.77. The van der Waals surface area contributed by atoms with E-state index in [9.17, 15) is 9.59 Å². The Kier molecular flexibility index (Phi) is 3.42. The molecular weight excluding hydrogens is 218 g/mol. The zero-order valence-corrected chi connectivity index (χ0v) is 9.81. The lowest BCUT2D eigenvalue weighted by Crippen LogP contribution is -2.31. The van der Waals surface area contributed by atoms with Gasteiger partial charge in [-0.15, -0.1) is 0 Å². The van der Waals surface area contributed by atoms with Gasteiger partial charge in [-0.3, -0.25) is 9.69 Å². The zero-order valence-electron chi connectivity index (χ0n) is 9.81. The molecule has 0 N–H and O–H groups in total. The summed E-state index contributed by atoms with van der Waals surface area (Å²) in [5.41, 5.74) is 2.12. The van der Waals surface area contributed by atoms with Crippen molar-refractivity contribution in [2.24, 2.45) is 0 Å². The van der Waals surface area contributed by atoms with Crippen molar-refractivity contribution < 1.29 is 14.3 Å². The van der Waals surface area contributed by atoms with Crippen LogP contribution < -0.4 is 0 Å². The lowest BCUT2D eigenvalue weighted by atomic mass is 10.1. The maximum Gasteiger partial charge on any atom is 0.410 e. The molecule has 0 aliphatic carbocycles. The van der Waals surface area contributed by atoms with E-state index < -0.39 is 0 Å². The first-order chi connectivity index (χ1) is 8.15. The Balaban J connectivity index is 1.91. The number of rotatable bonds is 4. The quantitative estimate of drug-likeness (QED) is 0.792. The van der Waals surface area contributed by atoms with Gasteiger partial charge in [-0.05, 0) is 12.5 Å². The van der Waals surface area contributed by atoms with Gasteiger partial charge in [-0.2, -0.15) is 0 Å². The number of Topliss-reactive ketones (excluding diaryl/α,β-unsaturated/α-hetero) is 1. The fourth-order valence-corrected chi connectivity index (χ4v) is 1.89. The number of hydrogen-bond donors (Lipinski definition) is 0. The third-order valence-corrected chi connectivity index (χ3v) is 2.70. The number of ether oxygens (including phenoxy) is 1. The minimum absolute atomic E-state index is 0.0365. The van der Waals surface area contributed by atoms with Crippen LogP contribution in [0.5, 0.6) is 0 Å². The van der Waals surface area contributed by atoms with E-state index in [-0.39, 0.29) is 18.4 Å². The monoisotopic (exact) mass is 233 g/mol. The van der Waals surface area contributed by atoms with Crippen molar-refractivity contribution in [1.29, 1.82) is 0 Å². The van der Waals surface area contributed by atoms with Gasteiger partial charge in [0.2, 0.25) is 0 Å². The van der Waals surface area contributed by atoms with Crippen molar-refractivity contribution in [3.05, 3.63) is 35.4 Å².